The third-order valence-electron chi connectivity index (χ3n) is 6.32. The van der Waals surface area contributed by atoms with Gasteiger partial charge < -0.3 is 16.2 Å². The van der Waals surface area contributed by atoms with Crippen LogP contribution in [-0.2, 0) is 19.3 Å². The number of aromatic nitrogens is 3. The van der Waals surface area contributed by atoms with E-state index < -0.39 is 5.91 Å². The smallest absolute Gasteiger partial charge is 0.269 e. The SMILES string of the molecule is NC(=O)c1nn(-c2ccccc2)c(O)c1CCCNc1c2c(nc3cc(Cl)ccc13)CCCC2. The molecule has 0 saturated carbocycles. The maximum Gasteiger partial charge on any atom is 0.269 e. The van der Waals surface area contributed by atoms with Crippen LogP contribution in [0.15, 0.2) is 48.5 Å². The summed E-state index contributed by atoms with van der Waals surface area (Å²) in [4.78, 5) is 16.9. The highest BCUT2D eigenvalue weighted by Gasteiger charge is 2.22. The van der Waals surface area contributed by atoms with Gasteiger partial charge in [0, 0.05) is 33.9 Å². The van der Waals surface area contributed by atoms with Crippen LogP contribution in [0.5, 0.6) is 5.88 Å². The standard InChI is InChI=1S/C26H26ClN5O2/c27-16-12-13-19-22(15-16)30-21-11-5-4-9-18(21)23(19)29-14-6-10-20-24(25(28)33)31-32(26(20)34)17-7-2-1-3-8-17/h1-3,7-8,12-13,15,34H,4-6,9-11,14H2,(H2,28,33)(H,29,30). The van der Waals surface area contributed by atoms with Crippen LogP contribution >= 0.6 is 11.6 Å². The van der Waals surface area contributed by atoms with Gasteiger partial charge in [-0.15, -0.1) is 0 Å². The molecule has 2 aromatic carbocycles. The van der Waals surface area contributed by atoms with E-state index in [4.69, 9.17) is 22.3 Å². The first kappa shape index (κ1) is 22.2. The maximum atomic E-state index is 12.0. The Kier molecular flexibility index (Phi) is 6.11. The number of nitrogens with one attached hydrogen (secondary N) is 1. The molecule has 2 heterocycles. The van der Waals surface area contributed by atoms with Crippen molar-refractivity contribution in [3.8, 4) is 11.6 Å². The fraction of sp³-hybridized carbons (Fsp3) is 0.269. The Hall–Kier alpha value is -3.58. The summed E-state index contributed by atoms with van der Waals surface area (Å²) in [6, 6.07) is 15.0. The van der Waals surface area contributed by atoms with E-state index in [9.17, 15) is 9.90 Å². The van der Waals surface area contributed by atoms with Crippen molar-refractivity contribution in [3.05, 3.63) is 76.1 Å². The van der Waals surface area contributed by atoms with E-state index in [0.717, 1.165) is 48.0 Å². The van der Waals surface area contributed by atoms with Gasteiger partial charge in [-0.2, -0.15) is 5.10 Å². The van der Waals surface area contributed by atoms with Crippen molar-refractivity contribution in [1.82, 2.24) is 14.8 Å². The molecule has 0 bridgehead atoms. The molecule has 8 heteroatoms. The summed E-state index contributed by atoms with van der Waals surface area (Å²) in [6.07, 6.45) is 5.41. The van der Waals surface area contributed by atoms with E-state index in [0.29, 0.717) is 35.7 Å². The number of pyridine rings is 1. The van der Waals surface area contributed by atoms with Crippen LogP contribution in [0, 0.1) is 0 Å². The number of aryl methyl sites for hydroxylation is 1. The van der Waals surface area contributed by atoms with Gasteiger partial charge in [-0.25, -0.2) is 4.68 Å². The Labute approximate surface area is 202 Å². The van der Waals surface area contributed by atoms with Crippen LogP contribution in [0.25, 0.3) is 16.6 Å². The summed E-state index contributed by atoms with van der Waals surface area (Å²) in [6.45, 7) is 0.655. The summed E-state index contributed by atoms with van der Waals surface area (Å²) in [5.41, 5.74) is 11.2. The Bertz CT molecular complexity index is 1370. The summed E-state index contributed by atoms with van der Waals surface area (Å²) >= 11 is 6.22. The van der Waals surface area contributed by atoms with Crippen molar-refractivity contribution in [1.29, 1.82) is 0 Å². The van der Waals surface area contributed by atoms with Crippen molar-refractivity contribution >= 4 is 34.1 Å². The van der Waals surface area contributed by atoms with E-state index in [1.165, 1.54) is 10.2 Å². The number of hydrogen-bond acceptors (Lipinski definition) is 5. The molecule has 0 unspecified atom stereocenters. The molecule has 1 aliphatic rings. The maximum absolute atomic E-state index is 12.0. The lowest BCUT2D eigenvalue weighted by Gasteiger charge is -2.22. The molecule has 7 nitrogen and oxygen atoms in total. The molecule has 34 heavy (non-hydrogen) atoms. The van der Waals surface area contributed by atoms with Gasteiger partial charge in [0.05, 0.1) is 11.2 Å². The number of rotatable bonds is 7. The lowest BCUT2D eigenvalue weighted by Crippen LogP contribution is -2.15. The molecule has 4 aromatic rings. The molecule has 0 radical (unpaired) electrons. The van der Waals surface area contributed by atoms with Gasteiger partial charge in [0.15, 0.2) is 5.69 Å². The fourth-order valence-corrected chi connectivity index (χ4v) is 4.86. The number of carbonyl (C=O) groups excluding carboxylic acids is 1. The average molecular weight is 476 g/mol. The molecule has 0 atom stereocenters. The minimum absolute atomic E-state index is 0.0543. The zero-order valence-electron chi connectivity index (χ0n) is 18.7. The van der Waals surface area contributed by atoms with Gasteiger partial charge in [-0.1, -0.05) is 29.8 Å². The first-order valence-corrected chi connectivity index (χ1v) is 11.9. The zero-order valence-corrected chi connectivity index (χ0v) is 19.5. The van der Waals surface area contributed by atoms with Crippen molar-refractivity contribution < 1.29 is 9.90 Å². The van der Waals surface area contributed by atoms with Crippen LogP contribution in [0.4, 0.5) is 5.69 Å². The van der Waals surface area contributed by atoms with Gasteiger partial charge in [0.2, 0.25) is 5.88 Å². The number of nitrogens with zero attached hydrogens (tertiary/aromatic N) is 3. The second kappa shape index (κ2) is 9.35. The van der Waals surface area contributed by atoms with Gasteiger partial charge in [0.1, 0.15) is 0 Å². The average Bonchev–Trinajstić information content (AvgIpc) is 3.18. The Morgan fingerprint density at radius 3 is 2.74 bits per heavy atom. The molecule has 4 N–H and O–H groups in total. The summed E-state index contributed by atoms with van der Waals surface area (Å²) < 4.78 is 1.36. The predicted molar refractivity (Wildman–Crippen MR) is 134 cm³/mol. The van der Waals surface area contributed by atoms with Crippen LogP contribution < -0.4 is 11.1 Å². The Morgan fingerprint density at radius 1 is 1.15 bits per heavy atom. The molecule has 0 aliphatic heterocycles. The number of para-hydroxylation sites is 1. The van der Waals surface area contributed by atoms with Crippen LogP contribution in [0.1, 0.15) is 46.6 Å². The largest absolute Gasteiger partial charge is 0.493 e. The van der Waals surface area contributed by atoms with E-state index >= 15 is 0 Å². The molecule has 2 aromatic heterocycles. The van der Waals surface area contributed by atoms with Crippen molar-refractivity contribution in [3.63, 3.8) is 0 Å². The first-order chi connectivity index (χ1) is 16.5. The Balaban J connectivity index is 1.38. The molecule has 174 valence electrons. The minimum atomic E-state index is -0.654. The van der Waals surface area contributed by atoms with E-state index in [2.05, 4.69) is 10.4 Å². The zero-order chi connectivity index (χ0) is 23.7. The molecular weight excluding hydrogens is 450 g/mol. The van der Waals surface area contributed by atoms with Gasteiger partial charge >= 0.3 is 0 Å². The minimum Gasteiger partial charge on any atom is -0.493 e. The number of carbonyl (C=O) groups is 1. The number of nitrogens with two attached hydrogens (primary N) is 1. The topological polar surface area (TPSA) is 106 Å². The van der Waals surface area contributed by atoms with Gasteiger partial charge in [-0.3, -0.25) is 9.78 Å². The number of benzene rings is 2. The number of hydrogen-bond donors (Lipinski definition) is 3. The summed E-state index contributed by atoms with van der Waals surface area (Å²) in [7, 11) is 0. The molecule has 1 aliphatic carbocycles. The third kappa shape index (κ3) is 4.19. The number of amides is 1. The van der Waals surface area contributed by atoms with Gasteiger partial charge in [-0.05, 0) is 74.4 Å². The lowest BCUT2D eigenvalue weighted by atomic mass is 9.92. The van der Waals surface area contributed by atoms with Crippen molar-refractivity contribution in [2.24, 2.45) is 5.73 Å². The van der Waals surface area contributed by atoms with Crippen molar-refractivity contribution in [2.75, 3.05) is 11.9 Å². The normalized spacial score (nSPS) is 13.1. The number of anilines is 1. The number of aromatic hydroxyl groups is 1. The van der Waals surface area contributed by atoms with Crippen LogP contribution in [0.3, 0.4) is 0 Å². The highest BCUT2D eigenvalue weighted by Crippen LogP contribution is 2.34. The molecule has 0 saturated heterocycles. The second-order valence-electron chi connectivity index (χ2n) is 8.57. The number of primary amides is 1. The first-order valence-electron chi connectivity index (χ1n) is 11.5. The number of fused-ring (bicyclic) bond motifs is 2. The van der Waals surface area contributed by atoms with E-state index in [-0.39, 0.29) is 11.6 Å². The summed E-state index contributed by atoms with van der Waals surface area (Å²) in [5, 5.41) is 20.4. The monoisotopic (exact) mass is 475 g/mol. The molecule has 1 amide bonds. The second-order valence-corrected chi connectivity index (χ2v) is 9.01. The van der Waals surface area contributed by atoms with Crippen LogP contribution in [-0.4, -0.2) is 32.3 Å². The van der Waals surface area contributed by atoms with Gasteiger partial charge in [0.25, 0.3) is 5.91 Å². The fourth-order valence-electron chi connectivity index (χ4n) is 4.70. The summed E-state index contributed by atoms with van der Waals surface area (Å²) in [5.74, 6) is -0.708. The number of halogens is 1. The third-order valence-corrected chi connectivity index (χ3v) is 6.56. The molecule has 5 rings (SSSR count). The predicted octanol–water partition coefficient (Wildman–Crippen LogP) is 4.80. The Morgan fingerprint density at radius 2 is 1.94 bits per heavy atom. The molecular formula is C26H26ClN5O2. The molecule has 0 fully saturated rings. The quantitative estimate of drug-likeness (QED) is 0.333. The highest BCUT2D eigenvalue weighted by atomic mass is 35.5. The van der Waals surface area contributed by atoms with Crippen LogP contribution in [0.2, 0.25) is 5.02 Å². The van der Waals surface area contributed by atoms with E-state index in [1.807, 2.05) is 48.5 Å². The lowest BCUT2D eigenvalue weighted by molar-refractivity contribution is 0.0994. The van der Waals surface area contributed by atoms with E-state index in [1.54, 1.807) is 0 Å². The highest BCUT2D eigenvalue weighted by molar-refractivity contribution is 6.31. The van der Waals surface area contributed by atoms with Crippen molar-refractivity contribution in [2.45, 2.75) is 38.5 Å². The molecule has 0 spiro atoms.